The summed E-state index contributed by atoms with van der Waals surface area (Å²) in [5, 5.41) is 13.9. The van der Waals surface area contributed by atoms with E-state index in [1.54, 1.807) is 0 Å². The molecule has 0 saturated carbocycles. The summed E-state index contributed by atoms with van der Waals surface area (Å²) in [5.41, 5.74) is 0. The third-order valence-electron chi connectivity index (χ3n) is 10.8. The molecule has 0 aliphatic carbocycles. The van der Waals surface area contributed by atoms with Crippen molar-refractivity contribution in [2.45, 2.75) is 244 Å². The van der Waals surface area contributed by atoms with Gasteiger partial charge in [0.05, 0.1) is 39.9 Å². The zero-order valence-electron chi connectivity index (χ0n) is 36.7. The van der Waals surface area contributed by atoms with Gasteiger partial charge >= 0.3 is 0 Å². The van der Waals surface area contributed by atoms with E-state index < -0.39 is 20.0 Å². The lowest BCUT2D eigenvalue weighted by molar-refractivity contribution is -0.870. The number of unbranched alkanes of at least 4 members (excludes halogenated alkanes) is 30. The Labute approximate surface area is 336 Å². The van der Waals surface area contributed by atoms with Crippen LogP contribution in [-0.2, 0) is 18.4 Å². The van der Waals surface area contributed by atoms with E-state index in [0.717, 1.165) is 38.5 Å². The van der Waals surface area contributed by atoms with Crippen molar-refractivity contribution in [3.63, 3.8) is 0 Å². The summed E-state index contributed by atoms with van der Waals surface area (Å²) in [6.45, 7) is 4.74. The van der Waals surface area contributed by atoms with Gasteiger partial charge in [-0.25, -0.2) is 0 Å². The van der Waals surface area contributed by atoms with Crippen molar-refractivity contribution in [2.75, 3.05) is 40.9 Å². The molecule has 9 heteroatoms. The minimum atomic E-state index is -4.56. The van der Waals surface area contributed by atoms with Crippen molar-refractivity contribution < 1.29 is 32.9 Å². The summed E-state index contributed by atoms with van der Waals surface area (Å²) >= 11 is 0. The zero-order chi connectivity index (χ0) is 40.0. The Kier molecular flexibility index (Phi) is 37.7. The number of nitrogens with zero attached hydrogens (tertiary/aromatic N) is 1. The van der Waals surface area contributed by atoms with Gasteiger partial charge in [-0.15, -0.1) is 0 Å². The monoisotopic (exact) mass is 789 g/mol. The quantitative estimate of drug-likeness (QED) is 0.0362. The molecule has 0 bridgehead atoms. The van der Waals surface area contributed by atoms with E-state index in [4.69, 9.17) is 9.05 Å². The lowest BCUT2D eigenvalue weighted by Gasteiger charge is -2.30. The molecule has 0 heterocycles. The minimum Gasteiger partial charge on any atom is -0.756 e. The van der Waals surface area contributed by atoms with Crippen LogP contribution >= 0.6 is 7.82 Å². The van der Waals surface area contributed by atoms with Crippen LogP contribution in [0.3, 0.4) is 0 Å². The molecule has 1 amide bonds. The highest BCUT2D eigenvalue weighted by Crippen LogP contribution is 2.38. The Balaban J connectivity index is 4.28. The van der Waals surface area contributed by atoms with E-state index in [-0.39, 0.29) is 19.1 Å². The summed E-state index contributed by atoms with van der Waals surface area (Å²) in [7, 11) is 1.32. The summed E-state index contributed by atoms with van der Waals surface area (Å²) < 4.78 is 23.3. The van der Waals surface area contributed by atoms with Crippen LogP contribution in [0.4, 0.5) is 0 Å². The van der Waals surface area contributed by atoms with Crippen molar-refractivity contribution in [3.05, 3.63) is 0 Å². The van der Waals surface area contributed by atoms with E-state index in [2.05, 4.69) is 19.2 Å². The molecule has 0 saturated heterocycles. The predicted molar refractivity (Wildman–Crippen MR) is 229 cm³/mol. The first-order chi connectivity index (χ1) is 26.0. The SMILES string of the molecule is CCCCCCCCCCCCCCCCCCCCC(=O)N[C@@H](COP(=O)([O-])OCC[N+](C)(C)C)[C@H](O)CCCCCCCCCCCCCCCC. The van der Waals surface area contributed by atoms with Gasteiger partial charge in [0.1, 0.15) is 13.2 Å². The number of carbonyl (C=O) groups is 1. The molecule has 1 unspecified atom stereocenters. The molecule has 8 nitrogen and oxygen atoms in total. The number of quaternary nitrogens is 1. The molecule has 0 aromatic heterocycles. The second-order valence-electron chi connectivity index (χ2n) is 17.5. The topological polar surface area (TPSA) is 108 Å². The summed E-state index contributed by atoms with van der Waals surface area (Å²) in [6.07, 6.45) is 41.0. The molecule has 0 aliphatic rings. The number of hydrogen-bond acceptors (Lipinski definition) is 6. The summed E-state index contributed by atoms with van der Waals surface area (Å²) in [5.74, 6) is -0.160. The van der Waals surface area contributed by atoms with Gasteiger partial charge in [-0.05, 0) is 12.8 Å². The van der Waals surface area contributed by atoms with Crippen molar-refractivity contribution in [1.29, 1.82) is 0 Å². The molecule has 0 aromatic carbocycles. The van der Waals surface area contributed by atoms with Crippen LogP contribution in [0.1, 0.15) is 232 Å². The molecular weight excluding hydrogens is 695 g/mol. The molecule has 0 spiro atoms. The van der Waals surface area contributed by atoms with E-state index in [0.29, 0.717) is 23.9 Å². The molecule has 0 aromatic rings. The number of amides is 1. The van der Waals surface area contributed by atoms with Gasteiger partial charge in [0.2, 0.25) is 5.91 Å². The molecule has 3 atom stereocenters. The number of likely N-dealkylation sites (N-methyl/N-ethyl adjacent to an activating group) is 1. The standard InChI is InChI=1S/C45H93N2O6P/c1-6-8-10-12-14-16-18-20-22-23-24-25-27-29-31-33-35-37-39-45(49)46-43(42-53-54(50,51)52-41-40-47(3,4)5)44(48)38-36-34-32-30-28-26-21-19-17-15-13-11-9-7-2/h43-44,48H,6-42H2,1-5H3,(H-,46,49,50,51)/t43-,44+/m0/s1. The third-order valence-corrected chi connectivity index (χ3v) is 11.8. The van der Waals surface area contributed by atoms with Crippen LogP contribution in [0, 0.1) is 0 Å². The van der Waals surface area contributed by atoms with E-state index >= 15 is 0 Å². The molecule has 54 heavy (non-hydrogen) atoms. The van der Waals surface area contributed by atoms with Crippen LogP contribution in [-0.4, -0.2) is 68.5 Å². The Bertz CT molecular complexity index is 855. The number of phosphoric ester groups is 1. The fourth-order valence-corrected chi connectivity index (χ4v) is 7.82. The van der Waals surface area contributed by atoms with Gasteiger partial charge in [0.25, 0.3) is 7.82 Å². The lowest BCUT2D eigenvalue weighted by atomic mass is 10.0. The Morgan fingerprint density at radius 1 is 0.574 bits per heavy atom. The maximum Gasteiger partial charge on any atom is 0.268 e. The number of hydrogen-bond donors (Lipinski definition) is 2. The van der Waals surface area contributed by atoms with E-state index in [9.17, 15) is 19.4 Å². The third kappa shape index (κ3) is 39.7. The minimum absolute atomic E-state index is 0.0161. The number of nitrogens with one attached hydrogen (secondary N) is 1. The lowest BCUT2D eigenvalue weighted by Crippen LogP contribution is -2.46. The number of aliphatic hydroxyl groups is 1. The molecule has 0 radical (unpaired) electrons. The molecule has 2 N–H and O–H groups in total. The highest BCUT2D eigenvalue weighted by molar-refractivity contribution is 7.45. The number of carbonyl (C=O) groups excluding carboxylic acids is 1. The molecule has 0 fully saturated rings. The van der Waals surface area contributed by atoms with Gasteiger partial charge in [-0.3, -0.25) is 9.36 Å². The smallest absolute Gasteiger partial charge is 0.268 e. The number of phosphoric acid groups is 1. The molecular formula is C45H93N2O6P. The highest BCUT2D eigenvalue weighted by Gasteiger charge is 2.24. The average molecular weight is 789 g/mol. The first kappa shape index (κ1) is 53.5. The highest BCUT2D eigenvalue weighted by atomic mass is 31.2. The summed E-state index contributed by atoms with van der Waals surface area (Å²) in [6, 6.07) is -0.792. The second kappa shape index (κ2) is 38.0. The first-order valence-electron chi connectivity index (χ1n) is 23.4. The van der Waals surface area contributed by atoms with Crippen molar-refractivity contribution in [1.82, 2.24) is 5.32 Å². The number of aliphatic hydroxyl groups excluding tert-OH is 1. The molecule has 0 aliphatic heterocycles. The van der Waals surface area contributed by atoms with E-state index in [1.165, 1.54) is 167 Å². The maximum atomic E-state index is 12.9. The van der Waals surface area contributed by atoms with Gasteiger partial charge in [-0.1, -0.05) is 213 Å². The fraction of sp³-hybridized carbons (Fsp3) is 0.978. The normalized spacial score (nSPS) is 14.3. The summed E-state index contributed by atoms with van der Waals surface area (Å²) in [4.78, 5) is 25.3. The second-order valence-corrected chi connectivity index (χ2v) is 18.9. The average Bonchev–Trinajstić information content (AvgIpc) is 3.12. The van der Waals surface area contributed by atoms with Gasteiger partial charge in [-0.2, -0.15) is 0 Å². The molecule has 324 valence electrons. The van der Waals surface area contributed by atoms with Crippen LogP contribution < -0.4 is 10.2 Å². The Hall–Kier alpha value is -0.500. The number of rotatable bonds is 43. The zero-order valence-corrected chi connectivity index (χ0v) is 37.6. The fourth-order valence-electron chi connectivity index (χ4n) is 7.10. The van der Waals surface area contributed by atoms with Gasteiger partial charge < -0.3 is 28.8 Å². The molecule has 0 rings (SSSR count). The van der Waals surface area contributed by atoms with E-state index in [1.807, 2.05) is 21.1 Å². The Morgan fingerprint density at radius 3 is 1.26 bits per heavy atom. The van der Waals surface area contributed by atoms with Gasteiger partial charge in [0, 0.05) is 6.42 Å². The first-order valence-corrected chi connectivity index (χ1v) is 24.8. The van der Waals surface area contributed by atoms with Gasteiger partial charge in [0.15, 0.2) is 0 Å². The predicted octanol–water partition coefficient (Wildman–Crippen LogP) is 12.3. The Morgan fingerprint density at radius 2 is 0.907 bits per heavy atom. The van der Waals surface area contributed by atoms with Crippen molar-refractivity contribution in [2.24, 2.45) is 0 Å². The van der Waals surface area contributed by atoms with Crippen LogP contribution in [0.5, 0.6) is 0 Å². The van der Waals surface area contributed by atoms with Crippen LogP contribution in [0.25, 0.3) is 0 Å². The maximum absolute atomic E-state index is 12.9. The van der Waals surface area contributed by atoms with Crippen LogP contribution in [0.2, 0.25) is 0 Å². The van der Waals surface area contributed by atoms with Crippen molar-refractivity contribution >= 4 is 13.7 Å². The van der Waals surface area contributed by atoms with Crippen LogP contribution in [0.15, 0.2) is 0 Å². The van der Waals surface area contributed by atoms with Crippen molar-refractivity contribution in [3.8, 4) is 0 Å². The largest absolute Gasteiger partial charge is 0.756 e.